The summed E-state index contributed by atoms with van der Waals surface area (Å²) in [5, 5.41) is 12.1. The third-order valence-corrected chi connectivity index (χ3v) is 3.45. The lowest BCUT2D eigenvalue weighted by Gasteiger charge is -2.22. The number of hydrogen-bond acceptors (Lipinski definition) is 3. The second kappa shape index (κ2) is 3.71. The third kappa shape index (κ3) is 1.81. The van der Waals surface area contributed by atoms with Crippen LogP contribution in [0, 0.1) is 0 Å². The zero-order chi connectivity index (χ0) is 10.1. The van der Waals surface area contributed by atoms with Crippen LogP contribution in [-0.2, 0) is 4.79 Å². The van der Waals surface area contributed by atoms with E-state index < -0.39 is 11.2 Å². The first-order chi connectivity index (χ1) is 6.66. The van der Waals surface area contributed by atoms with Crippen LogP contribution in [0.15, 0.2) is 23.1 Å². The molecule has 0 bridgehead atoms. The Labute approximate surface area is 90.5 Å². The molecule has 0 radical (unpaired) electrons. The number of hydrogen-bond donors (Lipinski definition) is 2. The Morgan fingerprint density at radius 3 is 3.14 bits per heavy atom. The molecule has 2 rings (SSSR count). The van der Waals surface area contributed by atoms with Crippen LogP contribution < -0.4 is 5.32 Å². The minimum Gasteiger partial charge on any atom is -0.480 e. The normalized spacial score (nSPS) is 19.6. The number of halogens is 1. The van der Waals surface area contributed by atoms with Crippen LogP contribution in [0.4, 0.5) is 5.69 Å². The number of anilines is 1. The average molecular weight is 230 g/mol. The van der Waals surface area contributed by atoms with Gasteiger partial charge in [0, 0.05) is 22.2 Å². The SMILES string of the molecule is O=C(O)C1CNc2ccc(Cl)cc2S1. The predicted octanol–water partition coefficient (Wildman–Crippen LogP) is 2.31. The largest absolute Gasteiger partial charge is 0.480 e. The third-order valence-electron chi connectivity index (χ3n) is 1.97. The Hall–Kier alpha value is -0.870. The van der Waals surface area contributed by atoms with Crippen molar-refractivity contribution in [2.75, 3.05) is 11.9 Å². The Bertz CT molecular complexity index is 383. The molecule has 1 aromatic rings. The van der Waals surface area contributed by atoms with Gasteiger partial charge in [0.25, 0.3) is 0 Å². The van der Waals surface area contributed by atoms with E-state index in [1.165, 1.54) is 11.8 Å². The molecule has 1 atom stereocenters. The summed E-state index contributed by atoms with van der Waals surface area (Å²) in [4.78, 5) is 11.7. The fourth-order valence-corrected chi connectivity index (χ4v) is 2.55. The quantitative estimate of drug-likeness (QED) is 0.776. The minimum atomic E-state index is -0.798. The molecule has 3 nitrogen and oxygen atoms in total. The van der Waals surface area contributed by atoms with E-state index in [-0.39, 0.29) is 0 Å². The molecule has 0 amide bonds. The van der Waals surface area contributed by atoms with Gasteiger partial charge in [-0.3, -0.25) is 4.79 Å². The molecule has 2 N–H and O–H groups in total. The van der Waals surface area contributed by atoms with Crippen LogP contribution in [-0.4, -0.2) is 22.9 Å². The topological polar surface area (TPSA) is 49.3 Å². The lowest BCUT2D eigenvalue weighted by molar-refractivity contribution is -0.136. The van der Waals surface area contributed by atoms with E-state index in [0.717, 1.165) is 10.6 Å². The summed E-state index contributed by atoms with van der Waals surface area (Å²) in [5.41, 5.74) is 0.955. The number of carboxylic acid groups (broad SMARTS) is 1. The summed E-state index contributed by atoms with van der Waals surface area (Å²) in [6.07, 6.45) is 0. The van der Waals surface area contributed by atoms with Gasteiger partial charge in [0.2, 0.25) is 0 Å². The highest BCUT2D eigenvalue weighted by molar-refractivity contribution is 8.00. The molecule has 5 heteroatoms. The number of thioether (sulfide) groups is 1. The van der Waals surface area contributed by atoms with E-state index >= 15 is 0 Å². The fraction of sp³-hybridized carbons (Fsp3) is 0.222. The van der Waals surface area contributed by atoms with E-state index in [2.05, 4.69) is 5.32 Å². The van der Waals surface area contributed by atoms with Crippen molar-refractivity contribution in [1.29, 1.82) is 0 Å². The van der Waals surface area contributed by atoms with Gasteiger partial charge >= 0.3 is 5.97 Å². The van der Waals surface area contributed by atoms with Crippen molar-refractivity contribution in [2.45, 2.75) is 10.1 Å². The maximum Gasteiger partial charge on any atom is 0.318 e. The Morgan fingerprint density at radius 1 is 1.64 bits per heavy atom. The summed E-state index contributed by atoms with van der Waals surface area (Å²) >= 11 is 7.15. The highest BCUT2D eigenvalue weighted by Crippen LogP contribution is 2.36. The summed E-state index contributed by atoms with van der Waals surface area (Å²) < 4.78 is 0. The molecule has 14 heavy (non-hydrogen) atoms. The lowest BCUT2D eigenvalue weighted by atomic mass is 10.3. The molecular formula is C9H8ClNO2S. The molecule has 0 saturated heterocycles. The fourth-order valence-electron chi connectivity index (χ4n) is 1.28. The highest BCUT2D eigenvalue weighted by atomic mass is 35.5. The summed E-state index contributed by atoms with van der Waals surface area (Å²) in [5.74, 6) is -0.798. The number of carbonyl (C=O) groups is 1. The van der Waals surface area contributed by atoms with Gasteiger partial charge in [-0.15, -0.1) is 11.8 Å². The molecule has 1 aromatic carbocycles. The second-order valence-corrected chi connectivity index (χ2v) is 4.65. The van der Waals surface area contributed by atoms with Crippen LogP contribution in [0.2, 0.25) is 5.02 Å². The van der Waals surface area contributed by atoms with Gasteiger partial charge in [0.05, 0.1) is 0 Å². The van der Waals surface area contributed by atoms with E-state index in [1.54, 1.807) is 12.1 Å². The van der Waals surface area contributed by atoms with Crippen LogP contribution >= 0.6 is 23.4 Å². The van der Waals surface area contributed by atoms with E-state index in [1.807, 2.05) is 6.07 Å². The van der Waals surface area contributed by atoms with Gasteiger partial charge in [0.1, 0.15) is 5.25 Å². The first-order valence-electron chi connectivity index (χ1n) is 4.10. The van der Waals surface area contributed by atoms with Crippen molar-refractivity contribution in [2.24, 2.45) is 0 Å². The Balaban J connectivity index is 2.29. The molecule has 74 valence electrons. The van der Waals surface area contributed by atoms with Gasteiger partial charge in [-0.05, 0) is 18.2 Å². The number of fused-ring (bicyclic) bond motifs is 1. The molecule has 0 aliphatic carbocycles. The maximum absolute atomic E-state index is 10.8. The van der Waals surface area contributed by atoms with E-state index in [0.29, 0.717) is 11.6 Å². The first kappa shape index (κ1) is 9.68. The molecule has 1 aliphatic rings. The van der Waals surface area contributed by atoms with Crippen LogP contribution in [0.3, 0.4) is 0 Å². The predicted molar refractivity (Wildman–Crippen MR) is 57.2 cm³/mol. The van der Waals surface area contributed by atoms with Crippen LogP contribution in [0.25, 0.3) is 0 Å². The smallest absolute Gasteiger partial charge is 0.318 e. The van der Waals surface area contributed by atoms with E-state index in [9.17, 15) is 4.79 Å². The van der Waals surface area contributed by atoms with Gasteiger partial charge in [-0.25, -0.2) is 0 Å². The number of benzene rings is 1. The first-order valence-corrected chi connectivity index (χ1v) is 5.35. The molecule has 0 fully saturated rings. The molecule has 1 aliphatic heterocycles. The zero-order valence-corrected chi connectivity index (χ0v) is 8.73. The molecule has 0 aromatic heterocycles. The van der Waals surface area contributed by atoms with E-state index in [4.69, 9.17) is 16.7 Å². The number of carboxylic acids is 1. The standard InChI is InChI=1S/C9H8ClNO2S/c10-5-1-2-6-7(3-5)14-8(4-11-6)9(12)13/h1-3,8,11H,4H2,(H,12,13). The summed E-state index contributed by atoms with van der Waals surface area (Å²) in [6, 6.07) is 5.43. The number of aliphatic carboxylic acids is 1. The Morgan fingerprint density at radius 2 is 2.43 bits per heavy atom. The van der Waals surface area contributed by atoms with Crippen molar-refractivity contribution in [3.05, 3.63) is 23.2 Å². The molecule has 1 heterocycles. The van der Waals surface area contributed by atoms with Crippen molar-refractivity contribution in [3.8, 4) is 0 Å². The average Bonchev–Trinajstić information content (AvgIpc) is 2.16. The van der Waals surface area contributed by atoms with Gasteiger partial charge < -0.3 is 10.4 Å². The van der Waals surface area contributed by atoms with Crippen LogP contribution in [0.1, 0.15) is 0 Å². The maximum atomic E-state index is 10.8. The monoisotopic (exact) mass is 229 g/mol. The van der Waals surface area contributed by atoms with Crippen molar-refractivity contribution in [3.63, 3.8) is 0 Å². The molecular weight excluding hydrogens is 222 g/mol. The van der Waals surface area contributed by atoms with Gasteiger partial charge in [-0.1, -0.05) is 11.6 Å². The molecule has 0 saturated carbocycles. The highest BCUT2D eigenvalue weighted by Gasteiger charge is 2.24. The number of rotatable bonds is 1. The Kier molecular flexibility index (Phi) is 2.56. The van der Waals surface area contributed by atoms with Crippen LogP contribution in [0.5, 0.6) is 0 Å². The molecule has 1 unspecified atom stereocenters. The summed E-state index contributed by atoms with van der Waals surface area (Å²) in [7, 11) is 0. The lowest BCUT2D eigenvalue weighted by Crippen LogP contribution is -2.28. The van der Waals surface area contributed by atoms with Crippen molar-refractivity contribution in [1.82, 2.24) is 0 Å². The zero-order valence-electron chi connectivity index (χ0n) is 7.16. The van der Waals surface area contributed by atoms with Gasteiger partial charge in [-0.2, -0.15) is 0 Å². The van der Waals surface area contributed by atoms with Gasteiger partial charge in [0.15, 0.2) is 0 Å². The summed E-state index contributed by atoms with van der Waals surface area (Å²) in [6.45, 7) is 0.453. The van der Waals surface area contributed by atoms with Crippen molar-refractivity contribution >= 4 is 35.0 Å². The minimum absolute atomic E-state index is 0.430. The second-order valence-electron chi connectivity index (χ2n) is 2.97. The van der Waals surface area contributed by atoms with Crippen molar-refractivity contribution < 1.29 is 9.90 Å². The number of nitrogens with one attached hydrogen (secondary N) is 1. The molecule has 0 spiro atoms.